The highest BCUT2D eigenvalue weighted by atomic mass is 79.9. The van der Waals surface area contributed by atoms with Crippen molar-refractivity contribution in [1.82, 2.24) is 5.32 Å². The lowest BCUT2D eigenvalue weighted by Crippen LogP contribution is -2.54. The molecule has 1 saturated heterocycles. The van der Waals surface area contributed by atoms with Gasteiger partial charge in [0, 0.05) is 25.7 Å². The molecule has 1 aliphatic rings. The van der Waals surface area contributed by atoms with E-state index in [1.807, 2.05) is 0 Å². The number of nitrogens with one attached hydrogen (secondary N) is 1. The first-order valence-electron chi connectivity index (χ1n) is 5.74. The maximum absolute atomic E-state index is 11.7. The van der Waals surface area contributed by atoms with Crippen molar-refractivity contribution >= 4 is 21.8 Å². The summed E-state index contributed by atoms with van der Waals surface area (Å²) in [5.41, 5.74) is -0.181. The number of methoxy groups -OCH3 is 1. The van der Waals surface area contributed by atoms with Gasteiger partial charge in [0.2, 0.25) is 5.91 Å². The van der Waals surface area contributed by atoms with Crippen LogP contribution in [0, 0.1) is 0 Å². The molecule has 0 atom stereocenters. The van der Waals surface area contributed by atoms with Gasteiger partial charge in [-0.3, -0.25) is 4.79 Å². The molecule has 100 valence electrons. The first-order chi connectivity index (χ1) is 8.22. The molecule has 1 fully saturated rings. The SMILES string of the molecule is COCCOCC(=O)NC1(CBr)CCOCC1. The lowest BCUT2D eigenvalue weighted by Gasteiger charge is -2.36. The molecule has 0 aromatic heterocycles. The van der Waals surface area contributed by atoms with Gasteiger partial charge >= 0.3 is 0 Å². The van der Waals surface area contributed by atoms with Crippen molar-refractivity contribution in [2.45, 2.75) is 18.4 Å². The fourth-order valence-electron chi connectivity index (χ4n) is 1.69. The van der Waals surface area contributed by atoms with E-state index in [-0.39, 0.29) is 18.1 Å². The largest absolute Gasteiger partial charge is 0.382 e. The van der Waals surface area contributed by atoms with Crippen LogP contribution in [-0.4, -0.2) is 56.9 Å². The summed E-state index contributed by atoms with van der Waals surface area (Å²) in [4.78, 5) is 11.7. The van der Waals surface area contributed by atoms with Crippen LogP contribution in [0.25, 0.3) is 0 Å². The molecule has 0 bridgehead atoms. The summed E-state index contributed by atoms with van der Waals surface area (Å²) >= 11 is 3.46. The van der Waals surface area contributed by atoms with Gasteiger partial charge in [0.1, 0.15) is 6.61 Å². The molecule has 1 N–H and O–H groups in total. The van der Waals surface area contributed by atoms with Crippen LogP contribution in [0.4, 0.5) is 0 Å². The third-order valence-electron chi connectivity index (χ3n) is 2.78. The predicted octanol–water partition coefficient (Wildman–Crippen LogP) is 0.710. The lowest BCUT2D eigenvalue weighted by molar-refractivity contribution is -0.128. The average molecular weight is 310 g/mol. The van der Waals surface area contributed by atoms with Gasteiger partial charge in [-0.25, -0.2) is 0 Å². The Bertz CT molecular complexity index is 232. The first-order valence-corrected chi connectivity index (χ1v) is 6.86. The molecule has 0 unspecified atom stereocenters. The number of halogens is 1. The van der Waals surface area contributed by atoms with Gasteiger partial charge in [-0.05, 0) is 12.8 Å². The molecule has 0 aliphatic carbocycles. The molecule has 17 heavy (non-hydrogen) atoms. The van der Waals surface area contributed by atoms with Crippen LogP contribution >= 0.6 is 15.9 Å². The van der Waals surface area contributed by atoms with Gasteiger partial charge in [0.15, 0.2) is 0 Å². The molecule has 1 aliphatic heterocycles. The number of hydrogen-bond acceptors (Lipinski definition) is 4. The van der Waals surface area contributed by atoms with Gasteiger partial charge in [0.25, 0.3) is 0 Å². The molecule has 0 aromatic rings. The summed E-state index contributed by atoms with van der Waals surface area (Å²) in [5, 5.41) is 3.77. The number of alkyl halides is 1. The number of ether oxygens (including phenoxy) is 3. The smallest absolute Gasteiger partial charge is 0.246 e. The molecular formula is C11H20BrNO4. The van der Waals surface area contributed by atoms with Crippen molar-refractivity contribution in [3.05, 3.63) is 0 Å². The Kier molecular flexibility index (Phi) is 7.03. The van der Waals surface area contributed by atoms with E-state index in [9.17, 15) is 4.79 Å². The fourth-order valence-corrected chi connectivity index (χ4v) is 2.39. The van der Waals surface area contributed by atoms with Crippen LogP contribution in [0.1, 0.15) is 12.8 Å². The summed E-state index contributed by atoms with van der Waals surface area (Å²) in [6.07, 6.45) is 1.67. The molecule has 0 spiro atoms. The molecule has 1 amide bonds. The van der Waals surface area contributed by atoms with E-state index in [1.165, 1.54) is 0 Å². The topological polar surface area (TPSA) is 56.8 Å². The number of carbonyl (C=O) groups excluding carboxylic acids is 1. The minimum atomic E-state index is -0.181. The van der Waals surface area contributed by atoms with E-state index in [0.717, 1.165) is 18.2 Å². The third kappa shape index (κ3) is 5.33. The van der Waals surface area contributed by atoms with Crippen LogP contribution < -0.4 is 5.32 Å². The van der Waals surface area contributed by atoms with Crippen molar-refractivity contribution in [2.75, 3.05) is 45.5 Å². The van der Waals surface area contributed by atoms with Gasteiger partial charge < -0.3 is 19.5 Å². The van der Waals surface area contributed by atoms with Crippen LogP contribution in [0.2, 0.25) is 0 Å². The summed E-state index contributed by atoms with van der Waals surface area (Å²) in [6.45, 7) is 2.41. The minimum Gasteiger partial charge on any atom is -0.382 e. The predicted molar refractivity (Wildman–Crippen MR) is 67.4 cm³/mol. The zero-order chi connectivity index (χ0) is 12.6. The van der Waals surface area contributed by atoms with Gasteiger partial charge in [0.05, 0.1) is 18.8 Å². The third-order valence-corrected chi connectivity index (χ3v) is 3.85. The van der Waals surface area contributed by atoms with E-state index in [1.54, 1.807) is 7.11 Å². The molecule has 6 heteroatoms. The second-order valence-electron chi connectivity index (χ2n) is 4.12. The van der Waals surface area contributed by atoms with E-state index < -0.39 is 0 Å². The second-order valence-corrected chi connectivity index (χ2v) is 4.68. The van der Waals surface area contributed by atoms with Gasteiger partial charge in [-0.1, -0.05) is 15.9 Å². The quantitative estimate of drug-likeness (QED) is 0.556. The zero-order valence-electron chi connectivity index (χ0n) is 10.2. The van der Waals surface area contributed by atoms with Gasteiger partial charge in [-0.2, -0.15) is 0 Å². The molecular weight excluding hydrogens is 290 g/mol. The second kappa shape index (κ2) is 8.02. The summed E-state index contributed by atoms with van der Waals surface area (Å²) < 4.78 is 15.3. The van der Waals surface area contributed by atoms with Crippen molar-refractivity contribution in [2.24, 2.45) is 0 Å². The maximum atomic E-state index is 11.7. The molecule has 5 nitrogen and oxygen atoms in total. The number of amides is 1. The fraction of sp³-hybridized carbons (Fsp3) is 0.909. The summed E-state index contributed by atoms with van der Waals surface area (Å²) in [7, 11) is 1.60. The zero-order valence-corrected chi connectivity index (χ0v) is 11.8. The number of carbonyl (C=O) groups is 1. The number of rotatable bonds is 7. The van der Waals surface area contributed by atoms with Crippen molar-refractivity contribution < 1.29 is 19.0 Å². The highest BCUT2D eigenvalue weighted by molar-refractivity contribution is 9.09. The van der Waals surface area contributed by atoms with Gasteiger partial charge in [-0.15, -0.1) is 0 Å². The Labute approximate surface area is 110 Å². The van der Waals surface area contributed by atoms with E-state index in [2.05, 4.69) is 21.2 Å². The minimum absolute atomic E-state index is 0.0811. The molecule has 1 heterocycles. The Morgan fingerprint density at radius 1 is 1.41 bits per heavy atom. The Morgan fingerprint density at radius 2 is 2.12 bits per heavy atom. The standard InChI is InChI=1S/C11H20BrNO4/c1-15-6-7-17-8-10(14)13-11(9-12)2-4-16-5-3-11/h2-9H2,1H3,(H,13,14). The first kappa shape index (κ1) is 14.9. The average Bonchev–Trinajstić information content (AvgIpc) is 2.36. The maximum Gasteiger partial charge on any atom is 0.246 e. The molecule has 1 rings (SSSR count). The van der Waals surface area contributed by atoms with Crippen molar-refractivity contribution in [3.8, 4) is 0 Å². The normalized spacial score (nSPS) is 18.9. The highest BCUT2D eigenvalue weighted by Gasteiger charge is 2.32. The molecule has 0 saturated carbocycles. The van der Waals surface area contributed by atoms with Crippen LogP contribution in [0.15, 0.2) is 0 Å². The highest BCUT2D eigenvalue weighted by Crippen LogP contribution is 2.22. The van der Waals surface area contributed by atoms with Crippen molar-refractivity contribution in [3.63, 3.8) is 0 Å². The van der Waals surface area contributed by atoms with Crippen LogP contribution in [0.3, 0.4) is 0 Å². The van der Waals surface area contributed by atoms with Crippen LogP contribution in [0.5, 0.6) is 0 Å². The van der Waals surface area contributed by atoms with E-state index >= 15 is 0 Å². The lowest BCUT2D eigenvalue weighted by atomic mass is 9.92. The monoisotopic (exact) mass is 309 g/mol. The molecule has 0 aromatic carbocycles. The number of hydrogen-bond donors (Lipinski definition) is 1. The van der Waals surface area contributed by atoms with Crippen LogP contribution in [-0.2, 0) is 19.0 Å². The Balaban J connectivity index is 2.27. The van der Waals surface area contributed by atoms with E-state index in [0.29, 0.717) is 26.4 Å². The Morgan fingerprint density at radius 3 is 2.71 bits per heavy atom. The van der Waals surface area contributed by atoms with E-state index in [4.69, 9.17) is 14.2 Å². The van der Waals surface area contributed by atoms with Crippen molar-refractivity contribution in [1.29, 1.82) is 0 Å². The summed E-state index contributed by atoms with van der Waals surface area (Å²) in [5.74, 6) is -0.0811. The Hall–Kier alpha value is -0.170. The molecule has 0 radical (unpaired) electrons. The summed E-state index contributed by atoms with van der Waals surface area (Å²) in [6, 6.07) is 0.